The molecule has 1 aromatic carbocycles. The van der Waals surface area contributed by atoms with Crippen molar-refractivity contribution in [2.45, 2.75) is 17.9 Å². The largest absolute Gasteiger partial charge is 0.480 e. The van der Waals surface area contributed by atoms with Crippen LogP contribution in [-0.2, 0) is 0 Å². The normalized spacial score (nSPS) is 17.7. The smallest absolute Gasteiger partial charge is 0.173 e. The molecular formula is C13H10Cl2N2OS. The number of nitrogens with zero attached hydrogens (tertiary/aromatic N) is 2. The van der Waals surface area contributed by atoms with E-state index in [2.05, 4.69) is 9.97 Å². The van der Waals surface area contributed by atoms with Gasteiger partial charge in [0.25, 0.3) is 0 Å². The van der Waals surface area contributed by atoms with Gasteiger partial charge in [0.05, 0.1) is 0 Å². The SMILES string of the molecule is Cc1c(Cl)nc(C2CSc3ccccc3O2)nc1Cl. The number of halogens is 2. The lowest BCUT2D eigenvalue weighted by atomic mass is 10.3. The van der Waals surface area contributed by atoms with E-state index in [1.54, 1.807) is 18.7 Å². The molecule has 0 saturated heterocycles. The molecule has 1 atom stereocenters. The quantitative estimate of drug-likeness (QED) is 0.735. The van der Waals surface area contributed by atoms with Crippen LogP contribution in [0.15, 0.2) is 29.2 Å². The van der Waals surface area contributed by atoms with Gasteiger partial charge in [0, 0.05) is 16.2 Å². The molecule has 3 rings (SSSR count). The van der Waals surface area contributed by atoms with Crippen molar-refractivity contribution in [2.75, 3.05) is 5.75 Å². The molecule has 0 saturated carbocycles. The molecule has 2 heterocycles. The van der Waals surface area contributed by atoms with Crippen LogP contribution in [0.25, 0.3) is 0 Å². The van der Waals surface area contributed by atoms with Gasteiger partial charge >= 0.3 is 0 Å². The first-order valence-electron chi connectivity index (χ1n) is 5.73. The van der Waals surface area contributed by atoms with Crippen LogP contribution in [0.1, 0.15) is 17.5 Å². The molecule has 1 aliphatic rings. The Labute approximate surface area is 125 Å². The Bertz CT molecular complexity index is 613. The summed E-state index contributed by atoms with van der Waals surface area (Å²) in [6.07, 6.45) is -0.226. The average Bonchev–Trinajstić information content (AvgIpc) is 2.43. The number of benzene rings is 1. The molecule has 1 aromatic heterocycles. The number of thioether (sulfide) groups is 1. The summed E-state index contributed by atoms with van der Waals surface area (Å²) in [7, 11) is 0. The van der Waals surface area contributed by atoms with Gasteiger partial charge in [0.2, 0.25) is 0 Å². The first kappa shape index (κ1) is 13.0. The maximum Gasteiger partial charge on any atom is 0.173 e. The van der Waals surface area contributed by atoms with E-state index in [1.165, 1.54) is 0 Å². The zero-order valence-corrected chi connectivity index (χ0v) is 12.4. The summed E-state index contributed by atoms with van der Waals surface area (Å²) in [6.45, 7) is 1.79. The van der Waals surface area contributed by atoms with Gasteiger partial charge in [-0.15, -0.1) is 11.8 Å². The van der Waals surface area contributed by atoms with Crippen molar-refractivity contribution in [3.8, 4) is 5.75 Å². The monoisotopic (exact) mass is 312 g/mol. The van der Waals surface area contributed by atoms with Gasteiger partial charge in [-0.25, -0.2) is 9.97 Å². The van der Waals surface area contributed by atoms with E-state index >= 15 is 0 Å². The predicted molar refractivity (Wildman–Crippen MR) is 77.3 cm³/mol. The second kappa shape index (κ2) is 5.19. The molecule has 98 valence electrons. The van der Waals surface area contributed by atoms with Gasteiger partial charge in [-0.1, -0.05) is 35.3 Å². The molecule has 0 fully saturated rings. The molecule has 19 heavy (non-hydrogen) atoms. The van der Waals surface area contributed by atoms with Gasteiger partial charge in [-0.05, 0) is 19.1 Å². The highest BCUT2D eigenvalue weighted by molar-refractivity contribution is 7.99. The Morgan fingerprint density at radius 1 is 1.21 bits per heavy atom. The number of hydrogen-bond donors (Lipinski definition) is 0. The van der Waals surface area contributed by atoms with Crippen molar-refractivity contribution in [3.63, 3.8) is 0 Å². The molecule has 0 N–H and O–H groups in total. The fourth-order valence-electron chi connectivity index (χ4n) is 1.77. The van der Waals surface area contributed by atoms with E-state index in [-0.39, 0.29) is 6.10 Å². The summed E-state index contributed by atoms with van der Waals surface area (Å²) in [6, 6.07) is 7.90. The number of aromatic nitrogens is 2. The lowest BCUT2D eigenvalue weighted by molar-refractivity contribution is 0.210. The van der Waals surface area contributed by atoms with Crippen molar-refractivity contribution in [1.29, 1.82) is 0 Å². The zero-order chi connectivity index (χ0) is 13.4. The van der Waals surface area contributed by atoms with E-state index in [4.69, 9.17) is 27.9 Å². The molecule has 2 aromatic rings. The average molecular weight is 313 g/mol. The van der Waals surface area contributed by atoms with Gasteiger partial charge < -0.3 is 4.74 Å². The number of para-hydroxylation sites is 1. The summed E-state index contributed by atoms with van der Waals surface area (Å²) in [5.41, 5.74) is 0.691. The minimum absolute atomic E-state index is 0.226. The zero-order valence-electron chi connectivity index (χ0n) is 10.1. The standard InChI is InChI=1S/C13H10Cl2N2OS/c1-7-11(14)16-13(17-12(7)15)9-6-19-10-5-3-2-4-8(10)18-9/h2-5,9H,6H2,1H3. The molecule has 1 aliphatic heterocycles. The summed E-state index contributed by atoms with van der Waals surface area (Å²) in [5.74, 6) is 2.12. The Morgan fingerprint density at radius 3 is 2.63 bits per heavy atom. The Hall–Kier alpha value is -0.970. The molecule has 3 nitrogen and oxygen atoms in total. The van der Waals surface area contributed by atoms with Crippen molar-refractivity contribution in [1.82, 2.24) is 9.97 Å². The van der Waals surface area contributed by atoms with Crippen LogP contribution in [0.2, 0.25) is 10.3 Å². The van der Waals surface area contributed by atoms with E-state index in [0.29, 0.717) is 21.7 Å². The van der Waals surface area contributed by atoms with Crippen LogP contribution in [0.5, 0.6) is 5.75 Å². The van der Waals surface area contributed by atoms with Crippen LogP contribution in [0.3, 0.4) is 0 Å². The topological polar surface area (TPSA) is 35.0 Å². The van der Waals surface area contributed by atoms with Crippen molar-refractivity contribution < 1.29 is 4.74 Å². The summed E-state index contributed by atoms with van der Waals surface area (Å²) in [4.78, 5) is 9.65. The lowest BCUT2D eigenvalue weighted by Crippen LogP contribution is -2.18. The van der Waals surface area contributed by atoms with Gasteiger partial charge in [0.15, 0.2) is 11.9 Å². The van der Waals surface area contributed by atoms with Crippen molar-refractivity contribution >= 4 is 35.0 Å². The van der Waals surface area contributed by atoms with Gasteiger partial charge in [-0.3, -0.25) is 0 Å². The van der Waals surface area contributed by atoms with Crippen LogP contribution < -0.4 is 4.74 Å². The lowest BCUT2D eigenvalue weighted by Gasteiger charge is -2.24. The number of rotatable bonds is 1. The van der Waals surface area contributed by atoms with Crippen molar-refractivity contribution in [2.24, 2.45) is 0 Å². The Balaban J connectivity index is 1.93. The van der Waals surface area contributed by atoms with Crippen LogP contribution in [0, 0.1) is 6.92 Å². The number of fused-ring (bicyclic) bond motifs is 1. The van der Waals surface area contributed by atoms with E-state index in [9.17, 15) is 0 Å². The summed E-state index contributed by atoms with van der Waals surface area (Å²) < 4.78 is 5.90. The van der Waals surface area contributed by atoms with Crippen LogP contribution in [-0.4, -0.2) is 15.7 Å². The molecule has 0 amide bonds. The molecule has 1 unspecified atom stereocenters. The summed E-state index contributed by atoms with van der Waals surface area (Å²) in [5, 5.41) is 0.755. The number of ether oxygens (including phenoxy) is 1. The highest BCUT2D eigenvalue weighted by atomic mass is 35.5. The van der Waals surface area contributed by atoms with E-state index in [0.717, 1.165) is 16.4 Å². The Morgan fingerprint density at radius 2 is 1.89 bits per heavy atom. The fraction of sp³-hybridized carbons (Fsp3) is 0.231. The minimum atomic E-state index is -0.226. The fourth-order valence-corrected chi connectivity index (χ4v) is 3.15. The molecule has 0 aliphatic carbocycles. The third kappa shape index (κ3) is 2.53. The highest BCUT2D eigenvalue weighted by Gasteiger charge is 2.25. The second-order valence-electron chi connectivity index (χ2n) is 4.15. The van der Waals surface area contributed by atoms with Crippen LogP contribution >= 0.6 is 35.0 Å². The van der Waals surface area contributed by atoms with Crippen LogP contribution in [0.4, 0.5) is 0 Å². The van der Waals surface area contributed by atoms with E-state index in [1.807, 2.05) is 24.3 Å². The molecule has 0 spiro atoms. The highest BCUT2D eigenvalue weighted by Crippen LogP contribution is 2.39. The third-order valence-corrected chi connectivity index (χ3v) is 4.69. The van der Waals surface area contributed by atoms with Crippen molar-refractivity contribution in [3.05, 3.63) is 46.0 Å². The first-order chi connectivity index (χ1) is 9.15. The minimum Gasteiger partial charge on any atom is -0.480 e. The maximum atomic E-state index is 6.04. The third-order valence-electron chi connectivity index (χ3n) is 2.84. The van der Waals surface area contributed by atoms with Gasteiger partial charge in [-0.2, -0.15) is 0 Å². The second-order valence-corrected chi connectivity index (χ2v) is 5.93. The molecule has 6 heteroatoms. The first-order valence-corrected chi connectivity index (χ1v) is 7.47. The van der Waals surface area contributed by atoms with E-state index < -0.39 is 0 Å². The molecule has 0 radical (unpaired) electrons. The number of hydrogen-bond acceptors (Lipinski definition) is 4. The van der Waals surface area contributed by atoms with Gasteiger partial charge in [0.1, 0.15) is 16.1 Å². The Kier molecular flexibility index (Phi) is 3.56. The predicted octanol–water partition coefficient (Wildman–Crippen LogP) is 4.32. The summed E-state index contributed by atoms with van der Waals surface area (Å²) >= 11 is 13.8. The maximum absolute atomic E-state index is 6.04. The molecule has 0 bridgehead atoms. The molecular weight excluding hydrogens is 303 g/mol.